The molecule has 0 radical (unpaired) electrons. The molecule has 1 atom stereocenters. The van der Waals surface area contributed by atoms with E-state index >= 15 is 0 Å². The van der Waals surface area contributed by atoms with Crippen LogP contribution >= 0.6 is 11.8 Å². The van der Waals surface area contributed by atoms with Gasteiger partial charge < -0.3 is 5.32 Å². The predicted octanol–water partition coefficient (Wildman–Crippen LogP) is 2.52. The van der Waals surface area contributed by atoms with E-state index in [1.54, 1.807) is 0 Å². The Morgan fingerprint density at radius 2 is 2.38 bits per heavy atom. The Morgan fingerprint density at radius 1 is 1.56 bits per heavy atom. The molecule has 1 aromatic heterocycles. The predicted molar refractivity (Wildman–Crippen MR) is 71.8 cm³/mol. The van der Waals surface area contributed by atoms with Crippen molar-refractivity contribution >= 4 is 11.8 Å². The summed E-state index contributed by atoms with van der Waals surface area (Å²) in [6, 6.07) is 0. The Labute approximate surface area is 103 Å². The first-order valence-corrected chi connectivity index (χ1v) is 7.30. The van der Waals surface area contributed by atoms with Crippen molar-refractivity contribution in [2.45, 2.75) is 45.0 Å². The Balaban J connectivity index is 2.16. The van der Waals surface area contributed by atoms with E-state index in [-0.39, 0.29) is 0 Å². The van der Waals surface area contributed by atoms with Gasteiger partial charge >= 0.3 is 0 Å². The molecule has 1 rings (SSSR count). The van der Waals surface area contributed by atoms with Crippen molar-refractivity contribution in [1.82, 2.24) is 15.1 Å². The highest BCUT2D eigenvalue weighted by molar-refractivity contribution is 7.99. The molecule has 0 fully saturated rings. The molecule has 16 heavy (non-hydrogen) atoms. The smallest absolute Gasteiger partial charge is 0.0534 e. The lowest BCUT2D eigenvalue weighted by Crippen LogP contribution is -2.17. The van der Waals surface area contributed by atoms with Crippen LogP contribution < -0.4 is 5.32 Å². The molecule has 1 heterocycles. The zero-order chi connectivity index (χ0) is 11.8. The fourth-order valence-corrected chi connectivity index (χ4v) is 1.86. The van der Waals surface area contributed by atoms with Gasteiger partial charge in [-0.2, -0.15) is 16.9 Å². The summed E-state index contributed by atoms with van der Waals surface area (Å²) in [6.07, 6.45) is 8.62. The van der Waals surface area contributed by atoms with Crippen LogP contribution in [0.15, 0.2) is 12.4 Å². The van der Waals surface area contributed by atoms with Gasteiger partial charge in [0.15, 0.2) is 0 Å². The van der Waals surface area contributed by atoms with Crippen molar-refractivity contribution in [3.63, 3.8) is 0 Å². The van der Waals surface area contributed by atoms with Crippen LogP contribution in [0.3, 0.4) is 0 Å². The third-order valence-corrected chi connectivity index (χ3v) is 3.64. The van der Waals surface area contributed by atoms with Gasteiger partial charge in [0.2, 0.25) is 0 Å². The first kappa shape index (κ1) is 13.6. The molecule has 0 aliphatic carbocycles. The Morgan fingerprint density at radius 3 is 3.06 bits per heavy atom. The van der Waals surface area contributed by atoms with Crippen LogP contribution in [0.2, 0.25) is 0 Å². The normalized spacial score (nSPS) is 12.9. The summed E-state index contributed by atoms with van der Waals surface area (Å²) in [6.45, 7) is 7.48. The van der Waals surface area contributed by atoms with E-state index in [1.807, 2.05) is 22.6 Å². The van der Waals surface area contributed by atoms with E-state index in [1.165, 1.54) is 12.0 Å². The first-order valence-electron chi connectivity index (χ1n) is 6.01. The Kier molecular flexibility index (Phi) is 6.57. The molecule has 0 aliphatic heterocycles. The van der Waals surface area contributed by atoms with Crippen LogP contribution in [-0.4, -0.2) is 27.8 Å². The molecule has 0 bridgehead atoms. The molecule has 0 amide bonds. The molecule has 0 aromatic carbocycles. The number of hydrogen-bond donors (Lipinski definition) is 1. The highest BCUT2D eigenvalue weighted by Gasteiger charge is 2.00. The molecule has 4 heteroatoms. The summed E-state index contributed by atoms with van der Waals surface area (Å²) in [5, 5.41) is 8.51. The molecular weight excluding hydrogens is 218 g/mol. The first-order chi connectivity index (χ1) is 7.76. The molecule has 1 unspecified atom stereocenters. The minimum Gasteiger partial charge on any atom is -0.313 e. The van der Waals surface area contributed by atoms with Crippen LogP contribution in [-0.2, 0) is 13.1 Å². The van der Waals surface area contributed by atoms with Crippen molar-refractivity contribution in [2.75, 3.05) is 12.8 Å². The molecule has 0 aliphatic rings. The van der Waals surface area contributed by atoms with Crippen molar-refractivity contribution in [1.29, 1.82) is 0 Å². The van der Waals surface area contributed by atoms with Crippen molar-refractivity contribution in [2.24, 2.45) is 0 Å². The second-order valence-electron chi connectivity index (χ2n) is 4.12. The van der Waals surface area contributed by atoms with Gasteiger partial charge in [0, 0.05) is 30.1 Å². The number of nitrogens with one attached hydrogen (secondary N) is 1. The Hall–Kier alpha value is -0.480. The zero-order valence-electron chi connectivity index (χ0n) is 10.6. The number of nitrogens with zero attached hydrogens (tertiary/aromatic N) is 2. The van der Waals surface area contributed by atoms with Crippen LogP contribution in [0.25, 0.3) is 0 Å². The Bertz CT molecular complexity index is 286. The number of aryl methyl sites for hydroxylation is 1. The number of hydrogen-bond acceptors (Lipinski definition) is 3. The summed E-state index contributed by atoms with van der Waals surface area (Å²) in [5.41, 5.74) is 1.28. The lowest BCUT2D eigenvalue weighted by Gasteiger charge is -2.07. The second kappa shape index (κ2) is 7.74. The highest BCUT2D eigenvalue weighted by Crippen LogP contribution is 2.08. The van der Waals surface area contributed by atoms with Crippen LogP contribution in [0.4, 0.5) is 0 Å². The molecule has 3 nitrogen and oxygen atoms in total. The van der Waals surface area contributed by atoms with Crippen molar-refractivity contribution in [3.05, 3.63) is 18.0 Å². The molecule has 0 spiro atoms. The quantitative estimate of drug-likeness (QED) is 0.709. The largest absolute Gasteiger partial charge is 0.313 e. The van der Waals surface area contributed by atoms with E-state index in [0.717, 1.165) is 31.3 Å². The van der Waals surface area contributed by atoms with Crippen LogP contribution in [0, 0.1) is 0 Å². The van der Waals surface area contributed by atoms with E-state index in [2.05, 4.69) is 36.7 Å². The number of thioether (sulfide) groups is 1. The van der Waals surface area contributed by atoms with Gasteiger partial charge in [-0.05, 0) is 25.6 Å². The number of aromatic nitrogens is 2. The second-order valence-corrected chi connectivity index (χ2v) is 5.40. The van der Waals surface area contributed by atoms with Gasteiger partial charge in [-0.25, -0.2) is 0 Å². The molecule has 0 saturated heterocycles. The summed E-state index contributed by atoms with van der Waals surface area (Å²) in [7, 11) is 0. The van der Waals surface area contributed by atoms with Crippen LogP contribution in [0.1, 0.15) is 32.3 Å². The third kappa shape index (κ3) is 5.03. The van der Waals surface area contributed by atoms with Gasteiger partial charge in [-0.3, -0.25) is 4.68 Å². The lowest BCUT2D eigenvalue weighted by atomic mass is 10.3. The van der Waals surface area contributed by atoms with E-state index < -0.39 is 0 Å². The van der Waals surface area contributed by atoms with Crippen molar-refractivity contribution < 1.29 is 0 Å². The fourth-order valence-electron chi connectivity index (χ4n) is 1.50. The minimum absolute atomic E-state index is 0.746. The summed E-state index contributed by atoms with van der Waals surface area (Å²) in [5.74, 6) is 0. The molecule has 1 N–H and O–H groups in total. The average Bonchev–Trinajstić information content (AvgIpc) is 2.72. The van der Waals surface area contributed by atoms with E-state index in [0.29, 0.717) is 0 Å². The minimum atomic E-state index is 0.746. The zero-order valence-corrected chi connectivity index (χ0v) is 11.4. The number of rotatable bonds is 8. The summed E-state index contributed by atoms with van der Waals surface area (Å²) >= 11 is 1.93. The summed E-state index contributed by atoms with van der Waals surface area (Å²) in [4.78, 5) is 0. The molecule has 92 valence electrons. The lowest BCUT2D eigenvalue weighted by molar-refractivity contribution is 0.600. The topological polar surface area (TPSA) is 29.9 Å². The standard InChI is InChI=1S/C12H23N3S/c1-4-7-15-10-12(9-14-15)8-13-6-5-11(2)16-3/h9-11,13H,4-8H2,1-3H3. The molecule has 1 aromatic rings. The third-order valence-electron chi connectivity index (χ3n) is 2.60. The highest BCUT2D eigenvalue weighted by atomic mass is 32.2. The van der Waals surface area contributed by atoms with E-state index in [4.69, 9.17) is 0 Å². The van der Waals surface area contributed by atoms with Gasteiger partial charge in [0.25, 0.3) is 0 Å². The van der Waals surface area contributed by atoms with Crippen molar-refractivity contribution in [3.8, 4) is 0 Å². The maximum absolute atomic E-state index is 4.31. The SMILES string of the molecule is CCCn1cc(CNCCC(C)SC)cn1. The van der Waals surface area contributed by atoms with Gasteiger partial charge in [0.05, 0.1) is 6.20 Å². The molecular formula is C12H23N3S. The summed E-state index contributed by atoms with van der Waals surface area (Å²) < 4.78 is 2.02. The monoisotopic (exact) mass is 241 g/mol. The van der Waals surface area contributed by atoms with Gasteiger partial charge in [0.1, 0.15) is 0 Å². The maximum atomic E-state index is 4.31. The van der Waals surface area contributed by atoms with Gasteiger partial charge in [-0.15, -0.1) is 0 Å². The average molecular weight is 241 g/mol. The van der Waals surface area contributed by atoms with E-state index in [9.17, 15) is 0 Å². The maximum Gasteiger partial charge on any atom is 0.0534 e. The van der Waals surface area contributed by atoms with Crippen LogP contribution in [0.5, 0.6) is 0 Å². The van der Waals surface area contributed by atoms with Gasteiger partial charge in [-0.1, -0.05) is 13.8 Å². The fraction of sp³-hybridized carbons (Fsp3) is 0.750. The molecule has 0 saturated carbocycles.